The van der Waals surface area contributed by atoms with E-state index in [1.807, 2.05) is 0 Å². The van der Waals surface area contributed by atoms with Crippen molar-refractivity contribution >= 4 is 47.5 Å². The van der Waals surface area contributed by atoms with Crippen LogP contribution in [-0.2, 0) is 0 Å². The molecule has 0 radical (unpaired) electrons. The third-order valence-electron chi connectivity index (χ3n) is 3.05. The zero-order valence-corrected chi connectivity index (χ0v) is 13.2. The third kappa shape index (κ3) is 4.58. The molecule has 122 valence electrons. The molecule has 1 aromatic heterocycles. The number of nitrogen functional groups attached to an aromatic ring is 2. The lowest BCUT2D eigenvalue weighted by atomic mass is 10.1. The molecule has 0 bridgehead atoms. The fraction of sp³-hybridized carbons (Fsp3) is 0.455. The van der Waals surface area contributed by atoms with Crippen LogP contribution in [0.25, 0.3) is 0 Å². The van der Waals surface area contributed by atoms with Gasteiger partial charge in [-0.3, -0.25) is 15.5 Å². The van der Waals surface area contributed by atoms with E-state index in [0.717, 1.165) is 25.9 Å². The first-order valence-corrected chi connectivity index (χ1v) is 6.81. The van der Waals surface area contributed by atoms with Crippen LogP contribution in [0.2, 0.25) is 5.15 Å². The van der Waals surface area contributed by atoms with Crippen LogP contribution in [0, 0.1) is 5.41 Å². The first-order valence-electron chi connectivity index (χ1n) is 6.43. The minimum absolute atomic E-state index is 0. The number of guanidine groups is 1. The van der Waals surface area contributed by atoms with E-state index >= 15 is 0 Å². The maximum Gasteiger partial charge on any atom is 0.280 e. The zero-order chi connectivity index (χ0) is 15.4. The molecule has 1 aliphatic rings. The molecule has 22 heavy (non-hydrogen) atoms. The number of carbonyl (C=O) groups excluding carboxylic acids is 1. The number of rotatable bonds is 2. The van der Waals surface area contributed by atoms with E-state index in [2.05, 4.69) is 25.9 Å². The number of anilines is 2. The van der Waals surface area contributed by atoms with E-state index in [0.29, 0.717) is 0 Å². The van der Waals surface area contributed by atoms with Gasteiger partial charge in [0, 0.05) is 6.04 Å². The summed E-state index contributed by atoms with van der Waals surface area (Å²) in [7, 11) is 0. The molecule has 11 heteroatoms. The standard InChI is InChI=1S/C11H17ClN8O.ClH/c12-7-9(14)19-8(13)6(18-7)10(21)20-11(15)17-5-1-3-16-4-2-5;/h5,16H,1-4H2,(H4,13,14,19)(H3,15,17,20,21);1H. The van der Waals surface area contributed by atoms with E-state index in [1.54, 1.807) is 0 Å². The summed E-state index contributed by atoms with van der Waals surface area (Å²) in [5.74, 6) is -0.952. The molecular formula is C11H18Cl2N8O. The van der Waals surface area contributed by atoms with Crippen LogP contribution in [0.5, 0.6) is 0 Å². The second-order valence-corrected chi connectivity index (χ2v) is 4.99. The number of nitrogens with two attached hydrogens (primary N) is 2. The molecular weight excluding hydrogens is 331 g/mol. The average molecular weight is 349 g/mol. The van der Waals surface area contributed by atoms with Crippen molar-refractivity contribution in [3.8, 4) is 0 Å². The topological polar surface area (TPSA) is 155 Å². The Morgan fingerprint density at radius 2 is 1.91 bits per heavy atom. The van der Waals surface area contributed by atoms with E-state index in [1.165, 1.54) is 0 Å². The Kier molecular flexibility index (Phi) is 6.60. The van der Waals surface area contributed by atoms with Crippen LogP contribution in [0.4, 0.5) is 11.6 Å². The molecule has 2 heterocycles. The summed E-state index contributed by atoms with van der Waals surface area (Å²) in [5, 5.41) is 16.2. The van der Waals surface area contributed by atoms with Crippen LogP contribution < -0.4 is 27.4 Å². The first kappa shape index (κ1) is 18.2. The summed E-state index contributed by atoms with van der Waals surface area (Å²) in [6, 6.07) is 0.150. The summed E-state index contributed by atoms with van der Waals surface area (Å²) < 4.78 is 0. The van der Waals surface area contributed by atoms with Crippen LogP contribution in [0.3, 0.4) is 0 Å². The molecule has 0 atom stereocenters. The van der Waals surface area contributed by atoms with Gasteiger partial charge in [0.15, 0.2) is 28.4 Å². The monoisotopic (exact) mass is 348 g/mol. The van der Waals surface area contributed by atoms with Crippen LogP contribution in [-0.4, -0.2) is 41.0 Å². The molecule has 9 nitrogen and oxygen atoms in total. The van der Waals surface area contributed by atoms with Gasteiger partial charge in [-0.15, -0.1) is 12.4 Å². The molecule has 1 saturated heterocycles. The van der Waals surface area contributed by atoms with Gasteiger partial charge in [-0.05, 0) is 25.9 Å². The van der Waals surface area contributed by atoms with E-state index in [4.69, 9.17) is 28.5 Å². The molecule has 0 aromatic carbocycles. The molecule has 0 aliphatic carbocycles. The smallest absolute Gasteiger partial charge is 0.280 e. The van der Waals surface area contributed by atoms with E-state index in [-0.39, 0.29) is 46.9 Å². The van der Waals surface area contributed by atoms with Gasteiger partial charge in [-0.2, -0.15) is 0 Å². The van der Waals surface area contributed by atoms with Crippen molar-refractivity contribution in [2.75, 3.05) is 24.6 Å². The van der Waals surface area contributed by atoms with Crippen molar-refractivity contribution < 1.29 is 4.79 Å². The van der Waals surface area contributed by atoms with Crippen molar-refractivity contribution in [1.82, 2.24) is 25.9 Å². The molecule has 1 aliphatic heterocycles. The molecule has 1 amide bonds. The van der Waals surface area contributed by atoms with Gasteiger partial charge in [-0.25, -0.2) is 9.97 Å². The summed E-state index contributed by atoms with van der Waals surface area (Å²) in [6.07, 6.45) is 1.77. The lowest BCUT2D eigenvalue weighted by Gasteiger charge is -2.24. The SMILES string of the molecule is Cl.N=C(NC(=O)c1nc(Cl)c(N)nc1N)NC1CCNCC1. The highest BCUT2D eigenvalue weighted by molar-refractivity contribution is 6.31. The van der Waals surface area contributed by atoms with Crippen molar-refractivity contribution in [3.05, 3.63) is 10.8 Å². The Hall–Kier alpha value is -1.84. The molecule has 8 N–H and O–H groups in total. The highest BCUT2D eigenvalue weighted by atomic mass is 35.5. The maximum atomic E-state index is 12.0. The maximum absolute atomic E-state index is 12.0. The summed E-state index contributed by atoms with van der Waals surface area (Å²) in [4.78, 5) is 19.5. The number of hydrogen-bond donors (Lipinski definition) is 6. The van der Waals surface area contributed by atoms with Gasteiger partial charge in [0.25, 0.3) is 5.91 Å². The number of amides is 1. The quantitative estimate of drug-likeness (QED) is 0.317. The highest BCUT2D eigenvalue weighted by Crippen LogP contribution is 2.17. The second-order valence-electron chi connectivity index (χ2n) is 4.63. The van der Waals surface area contributed by atoms with Crippen LogP contribution in [0.15, 0.2) is 0 Å². The van der Waals surface area contributed by atoms with E-state index in [9.17, 15) is 4.79 Å². The van der Waals surface area contributed by atoms with Crippen molar-refractivity contribution in [3.63, 3.8) is 0 Å². The predicted octanol–water partition coefficient (Wildman–Crippen LogP) is -0.278. The predicted molar refractivity (Wildman–Crippen MR) is 87.3 cm³/mol. The number of hydrogen-bond acceptors (Lipinski definition) is 7. The fourth-order valence-electron chi connectivity index (χ4n) is 1.99. The van der Waals surface area contributed by atoms with Gasteiger partial charge >= 0.3 is 0 Å². The highest BCUT2D eigenvalue weighted by Gasteiger charge is 2.19. The molecule has 0 spiro atoms. The Labute approximate surface area is 138 Å². The van der Waals surface area contributed by atoms with Crippen molar-refractivity contribution in [1.29, 1.82) is 5.41 Å². The first-order chi connectivity index (χ1) is 9.97. The number of aromatic nitrogens is 2. The minimum atomic E-state index is -0.659. The zero-order valence-electron chi connectivity index (χ0n) is 11.6. The van der Waals surface area contributed by atoms with Gasteiger partial charge in [0.2, 0.25) is 0 Å². The molecule has 1 aromatic rings. The van der Waals surface area contributed by atoms with Crippen molar-refractivity contribution in [2.24, 2.45) is 0 Å². The average Bonchev–Trinajstić information content (AvgIpc) is 2.43. The Bertz CT molecular complexity index is 561. The van der Waals surface area contributed by atoms with Gasteiger partial charge in [0.05, 0.1) is 0 Å². The summed E-state index contributed by atoms with van der Waals surface area (Å²) in [6.45, 7) is 1.76. The fourth-order valence-corrected chi connectivity index (χ4v) is 2.11. The minimum Gasteiger partial charge on any atom is -0.382 e. The molecule has 0 unspecified atom stereocenters. The number of nitrogens with zero attached hydrogens (tertiary/aromatic N) is 2. The number of piperidine rings is 1. The molecule has 2 rings (SSSR count). The molecule has 1 fully saturated rings. The number of halogens is 2. The lowest BCUT2D eigenvalue weighted by molar-refractivity contribution is 0.0971. The Morgan fingerprint density at radius 1 is 1.27 bits per heavy atom. The number of nitrogens with one attached hydrogen (secondary N) is 4. The Balaban J connectivity index is 0.00000242. The van der Waals surface area contributed by atoms with Gasteiger partial charge in [0.1, 0.15) is 0 Å². The summed E-state index contributed by atoms with van der Waals surface area (Å²) >= 11 is 5.71. The largest absolute Gasteiger partial charge is 0.382 e. The van der Waals surface area contributed by atoms with Crippen LogP contribution in [0.1, 0.15) is 23.3 Å². The van der Waals surface area contributed by atoms with Gasteiger partial charge < -0.3 is 22.1 Å². The normalized spacial score (nSPS) is 14.8. The Morgan fingerprint density at radius 3 is 2.55 bits per heavy atom. The lowest BCUT2D eigenvalue weighted by Crippen LogP contribution is -2.48. The van der Waals surface area contributed by atoms with Crippen molar-refractivity contribution in [2.45, 2.75) is 18.9 Å². The second kappa shape index (κ2) is 7.97. The molecule has 0 saturated carbocycles. The van der Waals surface area contributed by atoms with Gasteiger partial charge in [-0.1, -0.05) is 11.6 Å². The van der Waals surface area contributed by atoms with Crippen LogP contribution >= 0.6 is 24.0 Å². The number of carbonyl (C=O) groups is 1. The third-order valence-corrected chi connectivity index (χ3v) is 3.32. The van der Waals surface area contributed by atoms with E-state index < -0.39 is 5.91 Å². The summed E-state index contributed by atoms with van der Waals surface area (Å²) in [5.41, 5.74) is 10.9.